The van der Waals surface area contributed by atoms with Crippen LogP contribution >= 0.6 is 0 Å². The van der Waals surface area contributed by atoms with Gasteiger partial charge in [0.2, 0.25) is 5.91 Å². The quantitative estimate of drug-likeness (QED) is 0.223. The number of hydrogen-bond donors (Lipinski definition) is 4. The van der Waals surface area contributed by atoms with E-state index >= 15 is 0 Å². The van der Waals surface area contributed by atoms with E-state index in [1.807, 2.05) is 6.07 Å². The molecule has 244 valence electrons. The van der Waals surface area contributed by atoms with Crippen molar-refractivity contribution in [2.75, 3.05) is 29.9 Å². The predicted octanol–water partition coefficient (Wildman–Crippen LogP) is 6.45. The van der Waals surface area contributed by atoms with Gasteiger partial charge in [0.1, 0.15) is 5.54 Å². The molecule has 2 fully saturated rings. The van der Waals surface area contributed by atoms with Crippen molar-refractivity contribution in [3.05, 3.63) is 101 Å². The second-order valence-electron chi connectivity index (χ2n) is 13.7. The Bertz CT molecular complexity index is 1670. The highest BCUT2D eigenvalue weighted by atomic mass is 16.4. The molecule has 47 heavy (non-hydrogen) atoms. The highest BCUT2D eigenvalue weighted by Crippen LogP contribution is 2.56. The van der Waals surface area contributed by atoms with E-state index in [2.05, 4.69) is 57.2 Å². The van der Waals surface area contributed by atoms with Crippen molar-refractivity contribution in [3.8, 4) is 0 Å². The monoisotopic (exact) mass is 632 g/mol. The van der Waals surface area contributed by atoms with Crippen LogP contribution in [0.5, 0.6) is 0 Å². The van der Waals surface area contributed by atoms with Gasteiger partial charge >= 0.3 is 5.97 Å². The van der Waals surface area contributed by atoms with Crippen LogP contribution in [-0.4, -0.2) is 48.1 Å². The SMILES string of the molecule is O=C(O)/C=C/c1ccc(NC(=O)C2(NC(=O)c3ccc4c(c3)N3CCCc5ccccc5C3C4C3CCCCC3)CCNCC2)cc1. The van der Waals surface area contributed by atoms with Gasteiger partial charge in [-0.25, -0.2) is 4.79 Å². The zero-order valence-corrected chi connectivity index (χ0v) is 26.8. The van der Waals surface area contributed by atoms with Crippen LogP contribution in [0.3, 0.4) is 0 Å². The minimum atomic E-state index is -1.06. The zero-order chi connectivity index (χ0) is 32.4. The van der Waals surface area contributed by atoms with Crippen molar-refractivity contribution in [3.63, 3.8) is 0 Å². The molecule has 3 aromatic rings. The lowest BCUT2D eigenvalue weighted by Gasteiger charge is -2.37. The minimum Gasteiger partial charge on any atom is -0.478 e. The number of carboxylic acids is 1. The number of fused-ring (bicyclic) bond motifs is 5. The fourth-order valence-corrected chi connectivity index (χ4v) is 8.49. The van der Waals surface area contributed by atoms with Gasteiger partial charge < -0.3 is 26.0 Å². The number of anilines is 2. The van der Waals surface area contributed by atoms with E-state index < -0.39 is 11.5 Å². The van der Waals surface area contributed by atoms with E-state index in [0.717, 1.165) is 25.5 Å². The molecule has 7 rings (SSSR count). The molecule has 1 saturated heterocycles. The van der Waals surface area contributed by atoms with Crippen molar-refractivity contribution in [2.24, 2.45) is 5.92 Å². The summed E-state index contributed by atoms with van der Waals surface area (Å²) in [4.78, 5) is 41.4. The van der Waals surface area contributed by atoms with Crippen LogP contribution in [0.1, 0.15) is 95.9 Å². The molecule has 3 aromatic carbocycles. The van der Waals surface area contributed by atoms with E-state index in [9.17, 15) is 14.4 Å². The number of rotatable bonds is 7. The van der Waals surface area contributed by atoms with Crippen molar-refractivity contribution in [2.45, 2.75) is 75.3 Å². The lowest BCUT2D eigenvalue weighted by Crippen LogP contribution is -2.61. The van der Waals surface area contributed by atoms with Gasteiger partial charge in [-0.2, -0.15) is 0 Å². The Labute approximate surface area is 276 Å². The lowest BCUT2D eigenvalue weighted by molar-refractivity contribution is -0.131. The average molecular weight is 633 g/mol. The summed E-state index contributed by atoms with van der Waals surface area (Å²) in [7, 11) is 0. The number of nitrogens with zero attached hydrogens (tertiary/aromatic N) is 1. The molecule has 2 unspecified atom stereocenters. The number of carbonyl (C=O) groups excluding carboxylic acids is 2. The summed E-state index contributed by atoms with van der Waals surface area (Å²) in [6.45, 7) is 2.20. The van der Waals surface area contributed by atoms with Gasteiger partial charge in [0, 0.05) is 35.5 Å². The van der Waals surface area contributed by atoms with Crippen molar-refractivity contribution < 1.29 is 19.5 Å². The molecular formula is C39H44N4O4. The van der Waals surface area contributed by atoms with Gasteiger partial charge in [0.25, 0.3) is 5.91 Å². The smallest absolute Gasteiger partial charge is 0.328 e. The topological polar surface area (TPSA) is 111 Å². The molecule has 4 N–H and O–H groups in total. The van der Waals surface area contributed by atoms with Crippen LogP contribution in [0.4, 0.5) is 11.4 Å². The molecule has 8 nitrogen and oxygen atoms in total. The average Bonchev–Trinajstić information content (AvgIpc) is 3.29. The first-order valence-electron chi connectivity index (χ1n) is 17.3. The molecular weight excluding hydrogens is 588 g/mol. The molecule has 3 aliphatic heterocycles. The second kappa shape index (κ2) is 13.4. The molecule has 0 radical (unpaired) electrons. The van der Waals surface area contributed by atoms with Crippen LogP contribution in [0.2, 0.25) is 0 Å². The minimum absolute atomic E-state index is 0.230. The maximum Gasteiger partial charge on any atom is 0.328 e. The van der Waals surface area contributed by atoms with Crippen LogP contribution in [0.25, 0.3) is 6.08 Å². The maximum atomic E-state index is 14.1. The number of hydrogen-bond acceptors (Lipinski definition) is 5. The molecule has 0 aromatic heterocycles. The van der Waals surface area contributed by atoms with E-state index in [0.29, 0.717) is 54.6 Å². The van der Waals surface area contributed by atoms with E-state index in [1.165, 1.54) is 60.6 Å². The summed E-state index contributed by atoms with van der Waals surface area (Å²) < 4.78 is 0. The standard InChI is InChI=1S/C39H44N4O4/c44-34(45)19-14-26-12-16-30(17-13-26)41-38(47)39(20-22-40-23-21-39)42-37(46)29-15-18-32-33(25-29)43-24-6-10-27-7-4-5-11-31(27)36(43)35(32)28-8-2-1-3-9-28/h4-5,7,11-19,25,28,35-36,40H,1-3,6,8-10,20-24H2,(H,41,47)(H,42,46)(H,44,45)/b19-14+. The highest BCUT2D eigenvalue weighted by Gasteiger charge is 2.46. The van der Waals surface area contributed by atoms with Gasteiger partial charge in [-0.05, 0) is 110 Å². The maximum absolute atomic E-state index is 14.1. The number of carbonyl (C=O) groups is 3. The van der Waals surface area contributed by atoms with E-state index in [-0.39, 0.29) is 17.9 Å². The molecule has 1 saturated carbocycles. The first-order valence-corrected chi connectivity index (χ1v) is 17.3. The predicted molar refractivity (Wildman–Crippen MR) is 185 cm³/mol. The van der Waals surface area contributed by atoms with Gasteiger partial charge in [-0.3, -0.25) is 9.59 Å². The summed E-state index contributed by atoms with van der Waals surface area (Å²) in [6, 6.07) is 22.5. The van der Waals surface area contributed by atoms with Crippen molar-refractivity contribution in [1.29, 1.82) is 0 Å². The molecule has 0 spiro atoms. The Kier molecular flexibility index (Phi) is 8.86. The third kappa shape index (κ3) is 6.31. The van der Waals surface area contributed by atoms with Gasteiger partial charge in [0.15, 0.2) is 0 Å². The third-order valence-electron chi connectivity index (χ3n) is 10.8. The number of aryl methyl sites for hydroxylation is 1. The van der Waals surface area contributed by atoms with Crippen molar-refractivity contribution in [1.82, 2.24) is 10.6 Å². The fraction of sp³-hybridized carbons (Fsp3) is 0.410. The number of nitrogens with one attached hydrogen (secondary N) is 3. The number of amides is 2. The first-order chi connectivity index (χ1) is 22.9. The summed E-state index contributed by atoms with van der Waals surface area (Å²) in [6.07, 6.45) is 12.1. The Morgan fingerprint density at radius 1 is 0.894 bits per heavy atom. The molecule has 4 aliphatic rings. The van der Waals surface area contributed by atoms with Crippen LogP contribution < -0.4 is 20.9 Å². The number of carboxylic acid groups (broad SMARTS) is 1. The number of piperidine rings is 1. The molecule has 2 amide bonds. The van der Waals surface area contributed by atoms with Gasteiger partial charge in [-0.15, -0.1) is 0 Å². The lowest BCUT2D eigenvalue weighted by atomic mass is 9.73. The molecule has 1 aliphatic carbocycles. The molecule has 8 heteroatoms. The number of aliphatic carboxylic acids is 1. The van der Waals surface area contributed by atoms with E-state index in [1.54, 1.807) is 24.3 Å². The van der Waals surface area contributed by atoms with Crippen LogP contribution in [-0.2, 0) is 16.0 Å². The third-order valence-corrected chi connectivity index (χ3v) is 10.8. The van der Waals surface area contributed by atoms with Crippen LogP contribution in [0, 0.1) is 5.92 Å². The Morgan fingerprint density at radius 2 is 1.66 bits per heavy atom. The van der Waals surface area contributed by atoms with Crippen molar-refractivity contribution >= 4 is 35.2 Å². The summed E-state index contributed by atoms with van der Waals surface area (Å²) >= 11 is 0. The normalized spacial score (nSPS) is 22.1. The van der Waals surface area contributed by atoms with Gasteiger partial charge in [-0.1, -0.05) is 61.7 Å². The second-order valence-corrected chi connectivity index (χ2v) is 13.7. The Morgan fingerprint density at radius 3 is 2.43 bits per heavy atom. The largest absolute Gasteiger partial charge is 0.478 e. The van der Waals surface area contributed by atoms with Crippen LogP contribution in [0.15, 0.2) is 72.8 Å². The molecule has 0 bridgehead atoms. The fourth-order valence-electron chi connectivity index (χ4n) is 8.49. The van der Waals surface area contributed by atoms with Gasteiger partial charge in [0.05, 0.1) is 6.04 Å². The zero-order valence-electron chi connectivity index (χ0n) is 26.8. The molecule has 2 atom stereocenters. The first kappa shape index (κ1) is 31.2. The Balaban J connectivity index is 1.15. The summed E-state index contributed by atoms with van der Waals surface area (Å²) in [5.74, 6) is -0.452. The summed E-state index contributed by atoms with van der Waals surface area (Å²) in [5, 5.41) is 18.4. The number of benzene rings is 3. The van der Waals surface area contributed by atoms with E-state index in [4.69, 9.17) is 5.11 Å². The summed E-state index contributed by atoms with van der Waals surface area (Å²) in [5.41, 5.74) is 6.28. The molecule has 3 heterocycles. The highest BCUT2D eigenvalue weighted by molar-refractivity contribution is 6.04. The Hall–Kier alpha value is -4.43.